The summed E-state index contributed by atoms with van der Waals surface area (Å²) in [6, 6.07) is 9.92. The Morgan fingerprint density at radius 2 is 2.05 bits per heavy atom. The number of amides is 1. The van der Waals surface area contributed by atoms with Gasteiger partial charge in [-0.3, -0.25) is 4.79 Å². The third-order valence-electron chi connectivity index (χ3n) is 2.95. The molecular weight excluding hydrogens is 337 g/mol. The maximum atomic E-state index is 13.4. The van der Waals surface area contributed by atoms with Gasteiger partial charge in [-0.25, -0.2) is 4.39 Å². The quantitative estimate of drug-likeness (QED) is 0.877. The molecule has 0 unspecified atom stereocenters. The zero-order chi connectivity index (χ0) is 15.4. The lowest BCUT2D eigenvalue weighted by molar-refractivity contribution is 0.102. The minimum atomic E-state index is -0.361. The smallest absolute Gasteiger partial charge is 0.259 e. The summed E-state index contributed by atoms with van der Waals surface area (Å²) in [4.78, 5) is 12.4. The lowest BCUT2D eigenvalue weighted by atomic mass is 10.1. The number of carbonyl (C=O) groups excluding carboxylic acids is 1. The first-order chi connectivity index (χ1) is 10.0. The van der Waals surface area contributed by atoms with Crippen molar-refractivity contribution in [3.63, 3.8) is 0 Å². The normalized spacial score (nSPS) is 10.3. The molecule has 0 atom stereocenters. The van der Waals surface area contributed by atoms with Gasteiger partial charge in [-0.1, -0.05) is 12.1 Å². The van der Waals surface area contributed by atoms with Gasteiger partial charge in [0.15, 0.2) is 0 Å². The highest BCUT2D eigenvalue weighted by Crippen LogP contribution is 2.26. The van der Waals surface area contributed by atoms with Crippen molar-refractivity contribution in [3.05, 3.63) is 57.8 Å². The predicted octanol–water partition coefficient (Wildman–Crippen LogP) is 4.55. The van der Waals surface area contributed by atoms with E-state index < -0.39 is 0 Å². The first kappa shape index (κ1) is 15.5. The third-order valence-corrected chi connectivity index (χ3v) is 3.55. The van der Waals surface area contributed by atoms with Gasteiger partial charge in [0.1, 0.15) is 11.6 Å². The van der Waals surface area contributed by atoms with Crippen LogP contribution in [0.15, 0.2) is 40.9 Å². The molecule has 0 aliphatic heterocycles. The minimum absolute atomic E-state index is 0.291. The number of hydrogen-bond acceptors (Lipinski definition) is 2. The molecule has 0 aliphatic rings. The van der Waals surface area contributed by atoms with Gasteiger partial charge in [0, 0.05) is 5.69 Å². The monoisotopic (exact) mass is 351 g/mol. The van der Waals surface area contributed by atoms with Gasteiger partial charge in [0.2, 0.25) is 0 Å². The van der Waals surface area contributed by atoms with Crippen molar-refractivity contribution in [1.29, 1.82) is 0 Å². The van der Waals surface area contributed by atoms with E-state index in [-0.39, 0.29) is 11.7 Å². The van der Waals surface area contributed by atoms with Gasteiger partial charge in [0.05, 0.1) is 16.6 Å². The van der Waals surface area contributed by atoms with Crippen LogP contribution >= 0.6 is 15.9 Å². The van der Waals surface area contributed by atoms with E-state index >= 15 is 0 Å². The number of nitrogens with one attached hydrogen (secondary N) is 1. The van der Waals surface area contributed by atoms with E-state index in [2.05, 4.69) is 21.2 Å². The molecule has 0 saturated heterocycles. The molecule has 0 radical (unpaired) electrons. The van der Waals surface area contributed by atoms with Crippen molar-refractivity contribution in [1.82, 2.24) is 0 Å². The van der Waals surface area contributed by atoms with Crippen molar-refractivity contribution in [2.24, 2.45) is 0 Å². The van der Waals surface area contributed by atoms with Crippen molar-refractivity contribution >= 4 is 27.5 Å². The minimum Gasteiger partial charge on any atom is -0.493 e. The standard InChI is InChI=1S/C16H15BrFNO2/c1-3-21-15-7-5-4-6-11(15)16(20)19-14-9-12(17)13(18)8-10(14)2/h4-9H,3H2,1-2H3,(H,19,20). The highest BCUT2D eigenvalue weighted by atomic mass is 79.9. The van der Waals surface area contributed by atoms with E-state index in [1.165, 1.54) is 6.07 Å². The Hall–Kier alpha value is -1.88. The molecule has 2 aromatic rings. The first-order valence-electron chi connectivity index (χ1n) is 6.51. The van der Waals surface area contributed by atoms with E-state index in [4.69, 9.17) is 4.74 Å². The van der Waals surface area contributed by atoms with Crippen LogP contribution in [0.25, 0.3) is 0 Å². The Balaban J connectivity index is 2.28. The summed E-state index contributed by atoms with van der Waals surface area (Å²) in [5, 5.41) is 2.78. The molecule has 5 heteroatoms. The number of carbonyl (C=O) groups is 1. The van der Waals surface area contributed by atoms with Gasteiger partial charge >= 0.3 is 0 Å². The number of halogens is 2. The highest BCUT2D eigenvalue weighted by molar-refractivity contribution is 9.10. The zero-order valence-electron chi connectivity index (χ0n) is 11.7. The van der Waals surface area contributed by atoms with Crippen LogP contribution in [0.4, 0.5) is 10.1 Å². The predicted molar refractivity (Wildman–Crippen MR) is 84.4 cm³/mol. The molecule has 21 heavy (non-hydrogen) atoms. The van der Waals surface area contributed by atoms with Crippen LogP contribution in [0.1, 0.15) is 22.8 Å². The fourth-order valence-corrected chi connectivity index (χ4v) is 2.25. The Morgan fingerprint density at radius 3 is 2.76 bits per heavy atom. The maximum absolute atomic E-state index is 13.4. The third kappa shape index (κ3) is 3.61. The van der Waals surface area contributed by atoms with Crippen LogP contribution in [0.3, 0.4) is 0 Å². The lowest BCUT2D eigenvalue weighted by Gasteiger charge is -2.12. The second-order valence-corrected chi connectivity index (χ2v) is 5.32. The van der Waals surface area contributed by atoms with E-state index in [1.54, 1.807) is 31.2 Å². The zero-order valence-corrected chi connectivity index (χ0v) is 13.3. The second kappa shape index (κ2) is 6.72. The molecule has 1 N–H and O–H groups in total. The molecule has 0 saturated carbocycles. The summed E-state index contributed by atoms with van der Waals surface area (Å²) >= 11 is 3.11. The van der Waals surface area contributed by atoms with Gasteiger partial charge in [-0.05, 0) is 59.6 Å². The van der Waals surface area contributed by atoms with Crippen molar-refractivity contribution in [3.8, 4) is 5.75 Å². The molecule has 0 aliphatic carbocycles. The topological polar surface area (TPSA) is 38.3 Å². The molecule has 3 nitrogen and oxygen atoms in total. The molecular formula is C16H15BrFNO2. The molecule has 2 rings (SSSR count). The second-order valence-electron chi connectivity index (χ2n) is 4.46. The van der Waals surface area contributed by atoms with E-state index in [0.717, 1.165) is 0 Å². The average molecular weight is 352 g/mol. The molecule has 0 heterocycles. The number of ether oxygens (including phenoxy) is 1. The summed E-state index contributed by atoms with van der Waals surface area (Å²) in [6.45, 7) is 4.07. The van der Waals surface area contributed by atoms with E-state index in [1.807, 2.05) is 13.0 Å². The van der Waals surface area contributed by atoms with Crippen molar-refractivity contribution in [2.45, 2.75) is 13.8 Å². The van der Waals surface area contributed by atoms with Gasteiger partial charge in [-0.15, -0.1) is 0 Å². The fourth-order valence-electron chi connectivity index (χ4n) is 1.91. The maximum Gasteiger partial charge on any atom is 0.259 e. The largest absolute Gasteiger partial charge is 0.493 e. The molecule has 2 aromatic carbocycles. The average Bonchev–Trinajstić information content (AvgIpc) is 2.45. The first-order valence-corrected chi connectivity index (χ1v) is 7.31. The van der Waals surface area contributed by atoms with Crippen LogP contribution in [-0.2, 0) is 0 Å². The number of rotatable bonds is 4. The molecule has 110 valence electrons. The fraction of sp³-hybridized carbons (Fsp3) is 0.188. The number of benzene rings is 2. The number of hydrogen-bond donors (Lipinski definition) is 1. The Bertz CT molecular complexity index is 673. The van der Waals surface area contributed by atoms with Crippen LogP contribution in [0.5, 0.6) is 5.75 Å². The Labute approximate surface area is 131 Å². The van der Waals surface area contributed by atoms with Crippen LogP contribution < -0.4 is 10.1 Å². The molecule has 0 fully saturated rings. The Morgan fingerprint density at radius 1 is 1.33 bits per heavy atom. The van der Waals surface area contributed by atoms with E-state index in [9.17, 15) is 9.18 Å². The highest BCUT2D eigenvalue weighted by Gasteiger charge is 2.14. The number of aryl methyl sites for hydroxylation is 1. The Kier molecular flexibility index (Phi) is 4.96. The summed E-state index contributed by atoms with van der Waals surface area (Å²) in [7, 11) is 0. The molecule has 0 bridgehead atoms. The van der Waals surface area contributed by atoms with Gasteiger partial charge < -0.3 is 10.1 Å². The van der Waals surface area contributed by atoms with Crippen LogP contribution in [0.2, 0.25) is 0 Å². The summed E-state index contributed by atoms with van der Waals surface area (Å²) in [5.74, 6) is -0.128. The summed E-state index contributed by atoms with van der Waals surface area (Å²) in [6.07, 6.45) is 0. The summed E-state index contributed by atoms with van der Waals surface area (Å²) in [5.41, 5.74) is 1.65. The SMILES string of the molecule is CCOc1ccccc1C(=O)Nc1cc(Br)c(F)cc1C. The number of para-hydroxylation sites is 1. The van der Waals surface area contributed by atoms with Gasteiger partial charge in [0.25, 0.3) is 5.91 Å². The van der Waals surface area contributed by atoms with Crippen molar-refractivity contribution in [2.75, 3.05) is 11.9 Å². The molecule has 1 amide bonds. The van der Waals surface area contributed by atoms with E-state index in [0.29, 0.717) is 33.6 Å². The van der Waals surface area contributed by atoms with Crippen molar-refractivity contribution < 1.29 is 13.9 Å². The lowest BCUT2D eigenvalue weighted by Crippen LogP contribution is -2.14. The van der Waals surface area contributed by atoms with Crippen LogP contribution in [-0.4, -0.2) is 12.5 Å². The molecule has 0 aromatic heterocycles. The number of anilines is 1. The van der Waals surface area contributed by atoms with Crippen LogP contribution in [0, 0.1) is 12.7 Å². The van der Waals surface area contributed by atoms with Gasteiger partial charge in [-0.2, -0.15) is 0 Å². The molecule has 0 spiro atoms. The summed E-state index contributed by atoms with van der Waals surface area (Å²) < 4.78 is 19.2.